The third kappa shape index (κ3) is 3.74. The molecule has 0 aliphatic rings. The van der Waals surface area contributed by atoms with Gasteiger partial charge in [-0.05, 0) is 17.7 Å². The Kier molecular flexibility index (Phi) is 5.75. The van der Waals surface area contributed by atoms with E-state index in [0.717, 1.165) is 0 Å². The Bertz CT molecular complexity index is 904. The molecule has 0 unspecified atom stereocenters. The molecule has 0 saturated heterocycles. The first-order valence-corrected chi connectivity index (χ1v) is 8.70. The number of ketones is 2. The first-order chi connectivity index (χ1) is 13.6. The van der Waals surface area contributed by atoms with Gasteiger partial charge >= 0.3 is 0 Å². The van der Waals surface area contributed by atoms with E-state index in [4.69, 9.17) is 9.47 Å². The molecule has 0 radical (unpaired) electrons. The Hall–Kier alpha value is -3.60. The molecule has 142 valence electrons. The molecule has 1 N–H and O–H groups in total. The van der Waals surface area contributed by atoms with Crippen LogP contribution < -0.4 is 9.47 Å². The van der Waals surface area contributed by atoms with Gasteiger partial charge in [-0.3, -0.25) is 9.59 Å². The average Bonchev–Trinajstić information content (AvgIpc) is 2.75. The third-order valence-corrected chi connectivity index (χ3v) is 4.48. The Morgan fingerprint density at radius 3 is 1.50 bits per heavy atom. The number of methoxy groups -OCH3 is 2. The highest BCUT2D eigenvalue weighted by Gasteiger charge is 2.32. The van der Waals surface area contributed by atoms with Crippen LogP contribution in [0.5, 0.6) is 17.2 Å². The highest BCUT2D eigenvalue weighted by molar-refractivity contribution is 6.20. The molecule has 28 heavy (non-hydrogen) atoms. The van der Waals surface area contributed by atoms with Gasteiger partial charge in [0.2, 0.25) is 5.75 Å². The standard InChI is InChI=1S/C23H20O5/c1-27-18-13-17(14-19(28-2)23(18)26)20(21(24)15-9-5-3-6-10-15)22(25)16-11-7-4-8-12-16/h3-14,20,26H,1-2H3. The monoisotopic (exact) mass is 376 g/mol. The quantitative estimate of drug-likeness (QED) is 0.493. The van der Waals surface area contributed by atoms with Gasteiger partial charge in [0.05, 0.1) is 14.2 Å². The van der Waals surface area contributed by atoms with Gasteiger partial charge in [-0.15, -0.1) is 0 Å². The fraction of sp³-hybridized carbons (Fsp3) is 0.130. The van der Waals surface area contributed by atoms with Gasteiger partial charge in [0.15, 0.2) is 23.1 Å². The van der Waals surface area contributed by atoms with E-state index in [0.29, 0.717) is 16.7 Å². The van der Waals surface area contributed by atoms with Crippen LogP contribution in [0.25, 0.3) is 0 Å². The first-order valence-electron chi connectivity index (χ1n) is 8.70. The fourth-order valence-corrected chi connectivity index (χ4v) is 3.04. The van der Waals surface area contributed by atoms with Crippen LogP contribution >= 0.6 is 0 Å². The summed E-state index contributed by atoms with van der Waals surface area (Å²) in [4.78, 5) is 26.6. The first kappa shape index (κ1) is 19.2. The molecular weight excluding hydrogens is 356 g/mol. The number of phenols is 1. The second-order valence-electron chi connectivity index (χ2n) is 6.17. The Labute approximate surface area is 163 Å². The zero-order valence-electron chi connectivity index (χ0n) is 15.6. The summed E-state index contributed by atoms with van der Waals surface area (Å²) >= 11 is 0. The summed E-state index contributed by atoms with van der Waals surface area (Å²) in [6, 6.07) is 20.2. The van der Waals surface area contributed by atoms with Gasteiger partial charge in [-0.1, -0.05) is 60.7 Å². The van der Waals surface area contributed by atoms with Gasteiger partial charge < -0.3 is 14.6 Å². The van der Waals surface area contributed by atoms with Gasteiger partial charge in [-0.2, -0.15) is 0 Å². The number of aromatic hydroxyl groups is 1. The van der Waals surface area contributed by atoms with Crippen molar-refractivity contribution in [2.45, 2.75) is 5.92 Å². The maximum atomic E-state index is 13.3. The summed E-state index contributed by atoms with van der Waals surface area (Å²) in [7, 11) is 2.79. The molecule has 3 rings (SSSR count). The zero-order valence-corrected chi connectivity index (χ0v) is 15.6. The molecule has 0 saturated carbocycles. The second kappa shape index (κ2) is 8.39. The van der Waals surface area contributed by atoms with E-state index in [1.165, 1.54) is 26.4 Å². The van der Waals surface area contributed by atoms with Gasteiger partial charge in [0.25, 0.3) is 0 Å². The van der Waals surface area contributed by atoms with Crippen LogP contribution in [0.1, 0.15) is 32.2 Å². The molecule has 0 amide bonds. The van der Waals surface area contributed by atoms with Gasteiger partial charge in [0, 0.05) is 11.1 Å². The fourth-order valence-electron chi connectivity index (χ4n) is 3.04. The lowest BCUT2D eigenvalue weighted by atomic mass is 9.84. The van der Waals surface area contributed by atoms with Crippen LogP contribution in [-0.4, -0.2) is 30.9 Å². The molecule has 0 heterocycles. The molecule has 3 aromatic rings. The van der Waals surface area contributed by atoms with Crippen molar-refractivity contribution in [3.8, 4) is 17.2 Å². The van der Waals surface area contributed by atoms with Crippen molar-refractivity contribution in [3.05, 3.63) is 89.5 Å². The number of carbonyl (C=O) groups excluding carboxylic acids is 2. The van der Waals surface area contributed by atoms with Crippen LogP contribution in [-0.2, 0) is 0 Å². The molecule has 0 aromatic heterocycles. The van der Waals surface area contributed by atoms with Crippen LogP contribution in [0.3, 0.4) is 0 Å². The molecule has 0 aliphatic carbocycles. The van der Waals surface area contributed by atoms with Crippen molar-refractivity contribution in [3.63, 3.8) is 0 Å². The minimum atomic E-state index is -1.10. The topological polar surface area (TPSA) is 72.8 Å². The predicted molar refractivity (Wildman–Crippen MR) is 105 cm³/mol. The lowest BCUT2D eigenvalue weighted by molar-refractivity contribution is 0.0860. The molecule has 0 aliphatic heterocycles. The average molecular weight is 376 g/mol. The van der Waals surface area contributed by atoms with Crippen LogP contribution in [0.4, 0.5) is 0 Å². The highest BCUT2D eigenvalue weighted by atomic mass is 16.5. The SMILES string of the molecule is COc1cc(C(C(=O)c2ccccc2)C(=O)c2ccccc2)cc(OC)c1O. The van der Waals surface area contributed by atoms with Crippen LogP contribution in [0.15, 0.2) is 72.8 Å². The van der Waals surface area contributed by atoms with E-state index >= 15 is 0 Å². The van der Waals surface area contributed by atoms with Crippen LogP contribution in [0.2, 0.25) is 0 Å². The zero-order chi connectivity index (χ0) is 20.1. The Balaban J connectivity index is 2.17. The maximum absolute atomic E-state index is 13.3. The number of phenolic OH excluding ortho intramolecular Hbond substituents is 1. The van der Waals surface area contributed by atoms with Crippen molar-refractivity contribution in [1.82, 2.24) is 0 Å². The smallest absolute Gasteiger partial charge is 0.200 e. The maximum Gasteiger partial charge on any atom is 0.200 e. The largest absolute Gasteiger partial charge is 0.502 e. The van der Waals surface area contributed by atoms with Crippen molar-refractivity contribution >= 4 is 11.6 Å². The van der Waals surface area contributed by atoms with Gasteiger partial charge in [-0.25, -0.2) is 0 Å². The Morgan fingerprint density at radius 2 is 1.14 bits per heavy atom. The van der Waals surface area contributed by atoms with Gasteiger partial charge in [0.1, 0.15) is 5.92 Å². The molecule has 3 aromatic carbocycles. The highest BCUT2D eigenvalue weighted by Crippen LogP contribution is 2.40. The lowest BCUT2D eigenvalue weighted by Crippen LogP contribution is -2.22. The Morgan fingerprint density at radius 1 is 0.750 bits per heavy atom. The molecule has 5 heteroatoms. The van der Waals surface area contributed by atoms with Crippen molar-refractivity contribution in [2.75, 3.05) is 14.2 Å². The number of rotatable bonds is 7. The van der Waals surface area contributed by atoms with E-state index in [1.807, 2.05) is 0 Å². The van der Waals surface area contributed by atoms with E-state index in [1.54, 1.807) is 60.7 Å². The van der Waals surface area contributed by atoms with E-state index < -0.39 is 5.92 Å². The number of hydrogen-bond acceptors (Lipinski definition) is 5. The molecular formula is C23H20O5. The molecule has 5 nitrogen and oxygen atoms in total. The van der Waals surface area contributed by atoms with Crippen molar-refractivity contribution in [2.24, 2.45) is 0 Å². The normalized spacial score (nSPS) is 10.5. The number of benzene rings is 3. The summed E-state index contributed by atoms with van der Waals surface area (Å²) in [6.45, 7) is 0. The van der Waals surface area contributed by atoms with E-state index in [2.05, 4.69) is 0 Å². The number of ether oxygens (including phenoxy) is 2. The summed E-state index contributed by atoms with van der Waals surface area (Å²) in [5.41, 5.74) is 1.22. The molecule has 0 spiro atoms. The summed E-state index contributed by atoms with van der Waals surface area (Å²) < 4.78 is 10.4. The minimum Gasteiger partial charge on any atom is -0.502 e. The third-order valence-electron chi connectivity index (χ3n) is 4.48. The number of hydrogen-bond donors (Lipinski definition) is 1. The molecule has 0 fully saturated rings. The molecule has 0 bridgehead atoms. The lowest BCUT2D eigenvalue weighted by Gasteiger charge is -2.18. The number of carbonyl (C=O) groups is 2. The second-order valence-corrected chi connectivity index (χ2v) is 6.17. The van der Waals surface area contributed by atoms with Crippen molar-refractivity contribution < 1.29 is 24.2 Å². The van der Waals surface area contributed by atoms with Crippen LogP contribution in [0, 0.1) is 0 Å². The predicted octanol–water partition coefficient (Wildman–Crippen LogP) is 4.26. The van der Waals surface area contributed by atoms with E-state index in [-0.39, 0.29) is 28.8 Å². The van der Waals surface area contributed by atoms with Crippen molar-refractivity contribution in [1.29, 1.82) is 0 Å². The molecule has 0 atom stereocenters. The minimum absolute atomic E-state index is 0.126. The summed E-state index contributed by atoms with van der Waals surface area (Å²) in [5, 5.41) is 10.2. The van der Waals surface area contributed by atoms with E-state index in [9.17, 15) is 14.7 Å². The number of Topliss-reactive ketones (excluding diaryl/α,β-unsaturated/α-hetero) is 2. The summed E-state index contributed by atoms with van der Waals surface area (Å²) in [5.74, 6) is -1.73. The summed E-state index contributed by atoms with van der Waals surface area (Å²) in [6.07, 6.45) is 0.